The summed E-state index contributed by atoms with van der Waals surface area (Å²) in [5.74, 6) is -0.383. The minimum Gasteiger partial charge on any atom is -0.455 e. The zero-order valence-electron chi connectivity index (χ0n) is 16.3. The van der Waals surface area contributed by atoms with Gasteiger partial charge < -0.3 is 9.64 Å². The van der Waals surface area contributed by atoms with E-state index in [1.54, 1.807) is 16.7 Å². The van der Waals surface area contributed by atoms with Gasteiger partial charge in [-0.1, -0.05) is 25.5 Å². The number of para-hydroxylation sites is 1. The molecule has 0 radical (unpaired) electrons. The molecule has 0 N–H and O–H groups in total. The minimum absolute atomic E-state index is 0.0109. The van der Waals surface area contributed by atoms with Crippen LogP contribution in [-0.4, -0.2) is 36.1 Å². The molecule has 2 aliphatic carbocycles. The Labute approximate surface area is 170 Å². The van der Waals surface area contributed by atoms with Crippen molar-refractivity contribution in [3.05, 3.63) is 24.3 Å². The minimum atomic E-state index is -0.316. The second kappa shape index (κ2) is 8.27. The van der Waals surface area contributed by atoms with Crippen LogP contribution in [0.2, 0.25) is 0 Å². The molecular formula is C22H27NO4S. The van der Waals surface area contributed by atoms with Crippen LogP contribution in [0.15, 0.2) is 29.2 Å². The van der Waals surface area contributed by atoms with Crippen molar-refractivity contribution in [2.45, 2.75) is 55.6 Å². The van der Waals surface area contributed by atoms with Crippen molar-refractivity contribution in [1.29, 1.82) is 0 Å². The van der Waals surface area contributed by atoms with Crippen molar-refractivity contribution in [2.24, 2.45) is 17.8 Å². The molecule has 1 aliphatic heterocycles. The molecule has 150 valence electrons. The summed E-state index contributed by atoms with van der Waals surface area (Å²) in [7, 11) is 0. The number of carbonyl (C=O) groups excluding carboxylic acids is 3. The van der Waals surface area contributed by atoms with E-state index in [0.29, 0.717) is 30.4 Å². The van der Waals surface area contributed by atoms with Crippen molar-refractivity contribution < 1.29 is 19.1 Å². The van der Waals surface area contributed by atoms with E-state index in [0.717, 1.165) is 36.3 Å². The van der Waals surface area contributed by atoms with Crippen molar-refractivity contribution in [2.75, 3.05) is 18.1 Å². The van der Waals surface area contributed by atoms with E-state index in [2.05, 4.69) is 6.92 Å². The molecule has 1 unspecified atom stereocenters. The largest absolute Gasteiger partial charge is 0.455 e. The second-order valence-corrected chi connectivity index (χ2v) is 9.71. The number of amides is 1. The number of nitrogens with zero attached hydrogens (tertiary/aromatic N) is 1. The number of hydrogen-bond acceptors (Lipinski definition) is 5. The van der Waals surface area contributed by atoms with Gasteiger partial charge in [0.1, 0.15) is 5.78 Å². The topological polar surface area (TPSA) is 63.7 Å². The van der Waals surface area contributed by atoms with E-state index in [1.165, 1.54) is 0 Å². The lowest BCUT2D eigenvalue weighted by Crippen LogP contribution is -2.41. The molecule has 1 amide bonds. The number of hydrogen-bond donors (Lipinski definition) is 0. The van der Waals surface area contributed by atoms with Crippen molar-refractivity contribution in [1.82, 2.24) is 0 Å². The number of esters is 1. The van der Waals surface area contributed by atoms with Crippen LogP contribution in [0.3, 0.4) is 0 Å². The van der Waals surface area contributed by atoms with Gasteiger partial charge in [0.25, 0.3) is 5.91 Å². The van der Waals surface area contributed by atoms with E-state index >= 15 is 0 Å². The monoisotopic (exact) mass is 401 g/mol. The first-order valence-corrected chi connectivity index (χ1v) is 11.2. The molecular weight excluding hydrogens is 374 g/mol. The number of ketones is 1. The molecule has 1 aromatic carbocycles. The average Bonchev–Trinajstić information content (AvgIpc) is 2.84. The summed E-state index contributed by atoms with van der Waals surface area (Å²) in [6, 6.07) is 7.90. The van der Waals surface area contributed by atoms with E-state index in [-0.39, 0.29) is 36.2 Å². The Morgan fingerprint density at radius 3 is 2.61 bits per heavy atom. The van der Waals surface area contributed by atoms with Crippen molar-refractivity contribution >= 4 is 35.1 Å². The van der Waals surface area contributed by atoms with Crippen LogP contribution < -0.4 is 4.90 Å². The predicted octanol–water partition coefficient (Wildman–Crippen LogP) is 3.84. The van der Waals surface area contributed by atoms with E-state index < -0.39 is 0 Å². The van der Waals surface area contributed by atoms with E-state index in [1.807, 2.05) is 24.3 Å². The third-order valence-electron chi connectivity index (χ3n) is 6.26. The molecule has 0 aromatic heterocycles. The maximum absolute atomic E-state index is 12.8. The summed E-state index contributed by atoms with van der Waals surface area (Å²) >= 11 is 1.78. The lowest BCUT2D eigenvalue weighted by molar-refractivity contribution is -0.156. The molecule has 28 heavy (non-hydrogen) atoms. The molecule has 2 bridgehead atoms. The SMILES string of the molecule is C[C@H]1CCN(C(=O)COC(=O)C2C[C@H]3CCC[C@@H](C2)C3=O)c2ccccc2S1. The normalized spacial score (nSPS) is 29.6. The smallest absolute Gasteiger partial charge is 0.309 e. The van der Waals surface area contributed by atoms with E-state index in [4.69, 9.17) is 4.74 Å². The Morgan fingerprint density at radius 2 is 1.86 bits per heavy atom. The number of thioether (sulfide) groups is 1. The second-order valence-electron chi connectivity index (χ2n) is 8.23. The van der Waals surface area contributed by atoms with Crippen LogP contribution >= 0.6 is 11.8 Å². The highest BCUT2D eigenvalue weighted by molar-refractivity contribution is 8.00. The summed E-state index contributed by atoms with van der Waals surface area (Å²) in [5.41, 5.74) is 0.899. The van der Waals surface area contributed by atoms with Crippen LogP contribution in [0.4, 0.5) is 5.69 Å². The van der Waals surface area contributed by atoms with Crippen molar-refractivity contribution in [3.63, 3.8) is 0 Å². The quantitative estimate of drug-likeness (QED) is 0.720. The van der Waals surface area contributed by atoms with Gasteiger partial charge in [0.15, 0.2) is 6.61 Å². The summed E-state index contributed by atoms with van der Waals surface area (Å²) in [4.78, 5) is 40.5. The summed E-state index contributed by atoms with van der Waals surface area (Å²) in [5, 5.41) is 0.431. The third-order valence-corrected chi connectivity index (χ3v) is 7.50. The summed E-state index contributed by atoms with van der Waals surface area (Å²) < 4.78 is 5.43. The van der Waals surface area contributed by atoms with E-state index in [9.17, 15) is 14.4 Å². The first-order valence-electron chi connectivity index (χ1n) is 10.3. The molecule has 2 saturated carbocycles. The van der Waals surface area contributed by atoms with Gasteiger partial charge in [0, 0.05) is 28.5 Å². The highest BCUT2D eigenvalue weighted by atomic mass is 32.2. The molecule has 0 spiro atoms. The van der Waals surface area contributed by atoms with Crippen molar-refractivity contribution in [3.8, 4) is 0 Å². The van der Waals surface area contributed by atoms with Gasteiger partial charge in [-0.15, -0.1) is 11.8 Å². The molecule has 5 nitrogen and oxygen atoms in total. The average molecular weight is 402 g/mol. The zero-order chi connectivity index (χ0) is 19.7. The lowest BCUT2D eigenvalue weighted by atomic mass is 9.67. The number of benzene rings is 1. The van der Waals surface area contributed by atoms with Crippen LogP contribution in [0.25, 0.3) is 0 Å². The van der Waals surface area contributed by atoms with Gasteiger partial charge in [-0.2, -0.15) is 0 Å². The molecule has 1 aromatic rings. The highest BCUT2D eigenvalue weighted by Gasteiger charge is 2.42. The highest BCUT2D eigenvalue weighted by Crippen LogP contribution is 2.41. The fraction of sp³-hybridized carbons (Fsp3) is 0.591. The maximum atomic E-state index is 12.8. The standard InChI is InChI=1S/C22H27NO4S/c1-14-9-10-23(18-7-2-3-8-19(18)28-14)20(24)13-27-22(26)17-11-15-5-4-6-16(12-17)21(15)25/h2-3,7-8,14-17H,4-6,9-13H2,1H3/t14-,15-,16+,17?/m0/s1. The molecule has 6 heteroatoms. The maximum Gasteiger partial charge on any atom is 0.309 e. The van der Waals surface area contributed by atoms with Crippen LogP contribution in [0, 0.1) is 17.8 Å². The number of fused-ring (bicyclic) bond motifs is 3. The fourth-order valence-electron chi connectivity index (χ4n) is 4.75. The molecule has 4 rings (SSSR count). The van der Waals surface area contributed by atoms with Gasteiger partial charge >= 0.3 is 5.97 Å². The van der Waals surface area contributed by atoms with Crippen LogP contribution in [-0.2, 0) is 19.1 Å². The Balaban J connectivity index is 1.38. The predicted molar refractivity (Wildman–Crippen MR) is 108 cm³/mol. The van der Waals surface area contributed by atoms with Crippen LogP contribution in [0.1, 0.15) is 45.4 Å². The Hall–Kier alpha value is -1.82. The lowest BCUT2D eigenvalue weighted by Gasteiger charge is -2.36. The number of carbonyl (C=O) groups is 3. The Morgan fingerprint density at radius 1 is 1.14 bits per heavy atom. The van der Waals surface area contributed by atoms with Gasteiger partial charge in [-0.3, -0.25) is 14.4 Å². The third kappa shape index (κ3) is 3.97. The molecule has 1 heterocycles. The Kier molecular flexibility index (Phi) is 5.76. The first-order chi connectivity index (χ1) is 13.5. The van der Waals surface area contributed by atoms with Gasteiger partial charge in [-0.05, 0) is 44.2 Å². The molecule has 0 saturated heterocycles. The Bertz CT molecular complexity index is 764. The molecule has 4 atom stereocenters. The molecule has 3 aliphatic rings. The van der Waals surface area contributed by atoms with Gasteiger partial charge in [0.2, 0.25) is 0 Å². The van der Waals surface area contributed by atoms with Crippen LogP contribution in [0.5, 0.6) is 0 Å². The fourth-order valence-corrected chi connectivity index (χ4v) is 5.86. The number of anilines is 1. The number of ether oxygens (including phenoxy) is 1. The van der Waals surface area contributed by atoms with Gasteiger partial charge in [-0.25, -0.2) is 0 Å². The molecule has 2 fully saturated rings. The first kappa shape index (κ1) is 19.5. The summed E-state index contributed by atoms with van der Waals surface area (Å²) in [6.45, 7) is 2.56. The number of rotatable bonds is 3. The summed E-state index contributed by atoms with van der Waals surface area (Å²) in [6.07, 6.45) is 4.92. The zero-order valence-corrected chi connectivity index (χ0v) is 17.1. The van der Waals surface area contributed by atoms with Gasteiger partial charge in [0.05, 0.1) is 11.6 Å². The number of Topliss-reactive ketones (excluding diaryl/α,β-unsaturated/α-hetero) is 1.